The number of carbonyl (C=O) groups is 1. The van der Waals surface area contributed by atoms with Crippen LogP contribution in [0.5, 0.6) is 0 Å². The van der Waals surface area contributed by atoms with E-state index in [0.29, 0.717) is 10.3 Å². The Labute approximate surface area is 198 Å². The first kappa shape index (κ1) is 23.2. The molecule has 2 aromatic heterocycles. The van der Waals surface area contributed by atoms with Crippen molar-refractivity contribution in [1.82, 2.24) is 9.55 Å². The molecule has 0 radical (unpaired) electrons. The van der Waals surface area contributed by atoms with Gasteiger partial charge in [0.2, 0.25) is 0 Å². The van der Waals surface area contributed by atoms with Crippen molar-refractivity contribution in [3.8, 4) is 0 Å². The molecule has 0 aliphatic rings. The molecule has 0 bridgehead atoms. The van der Waals surface area contributed by atoms with Gasteiger partial charge < -0.3 is 15.4 Å². The van der Waals surface area contributed by atoms with Crippen molar-refractivity contribution in [2.24, 2.45) is 0 Å². The SMILES string of the molecule is CCOC(=O)c1sc2cccc(F)c2c1CN(C)c1c(N)n(Cc2ccccc2)c(=O)[nH]c1=O. The number of aromatic nitrogens is 2. The molecule has 0 fully saturated rings. The van der Waals surface area contributed by atoms with Gasteiger partial charge in [0.15, 0.2) is 0 Å². The maximum atomic E-state index is 14.8. The Morgan fingerprint density at radius 3 is 2.62 bits per heavy atom. The smallest absolute Gasteiger partial charge is 0.348 e. The molecule has 3 N–H and O–H groups in total. The van der Waals surface area contributed by atoms with Gasteiger partial charge in [-0.1, -0.05) is 36.4 Å². The fraction of sp³-hybridized carbons (Fsp3) is 0.208. The monoisotopic (exact) mass is 482 g/mol. The summed E-state index contributed by atoms with van der Waals surface area (Å²) in [4.78, 5) is 41.9. The van der Waals surface area contributed by atoms with Crippen molar-refractivity contribution in [2.45, 2.75) is 20.0 Å². The third-order valence-electron chi connectivity index (χ3n) is 5.40. The van der Waals surface area contributed by atoms with E-state index in [0.717, 1.165) is 16.9 Å². The van der Waals surface area contributed by atoms with Gasteiger partial charge >= 0.3 is 11.7 Å². The standard InChI is InChI=1S/C24H23FN4O4S/c1-3-33-23(31)20-15(18-16(25)10-7-11-17(18)34-20)13-28(2)19-21(26)29(24(32)27-22(19)30)12-14-8-5-4-6-9-14/h4-11H,3,12-13,26H2,1-2H3,(H,27,30,32). The van der Waals surface area contributed by atoms with Crippen molar-refractivity contribution in [3.63, 3.8) is 0 Å². The number of aromatic amines is 1. The zero-order valence-corrected chi connectivity index (χ0v) is 19.4. The third-order valence-corrected chi connectivity index (χ3v) is 6.58. The second-order valence-corrected chi connectivity index (χ2v) is 8.72. The number of hydrogen-bond acceptors (Lipinski definition) is 7. The second kappa shape index (κ2) is 9.52. The predicted molar refractivity (Wildman–Crippen MR) is 131 cm³/mol. The number of benzene rings is 2. The fourth-order valence-corrected chi connectivity index (χ4v) is 4.99. The number of halogens is 1. The van der Waals surface area contributed by atoms with E-state index in [2.05, 4.69) is 4.98 Å². The number of nitrogen functional groups attached to an aromatic ring is 1. The van der Waals surface area contributed by atoms with E-state index in [-0.39, 0.29) is 41.5 Å². The zero-order chi connectivity index (χ0) is 24.4. The van der Waals surface area contributed by atoms with Crippen LogP contribution in [0.15, 0.2) is 58.1 Å². The summed E-state index contributed by atoms with van der Waals surface area (Å²) in [5.74, 6) is -1.08. The van der Waals surface area contributed by atoms with Gasteiger partial charge in [0.1, 0.15) is 22.2 Å². The molecule has 0 saturated heterocycles. The highest BCUT2D eigenvalue weighted by atomic mass is 32.1. The number of nitrogens with one attached hydrogen (secondary N) is 1. The summed E-state index contributed by atoms with van der Waals surface area (Å²) in [7, 11) is 1.59. The summed E-state index contributed by atoms with van der Waals surface area (Å²) < 4.78 is 21.8. The van der Waals surface area contributed by atoms with E-state index in [9.17, 15) is 18.8 Å². The largest absolute Gasteiger partial charge is 0.462 e. The van der Waals surface area contributed by atoms with Crippen molar-refractivity contribution in [3.05, 3.63) is 91.2 Å². The maximum Gasteiger partial charge on any atom is 0.348 e. The zero-order valence-electron chi connectivity index (χ0n) is 18.6. The van der Waals surface area contributed by atoms with E-state index in [1.807, 2.05) is 30.3 Å². The van der Waals surface area contributed by atoms with Crippen molar-refractivity contribution in [2.75, 3.05) is 24.3 Å². The summed E-state index contributed by atoms with van der Waals surface area (Å²) in [6, 6.07) is 13.8. The van der Waals surface area contributed by atoms with Gasteiger partial charge in [0.25, 0.3) is 5.56 Å². The molecule has 4 aromatic rings. The van der Waals surface area contributed by atoms with E-state index < -0.39 is 23.0 Å². The highest BCUT2D eigenvalue weighted by molar-refractivity contribution is 7.21. The second-order valence-electron chi connectivity index (χ2n) is 7.66. The molecule has 0 aliphatic carbocycles. The van der Waals surface area contributed by atoms with Crippen LogP contribution in [0.4, 0.5) is 15.9 Å². The van der Waals surface area contributed by atoms with E-state index >= 15 is 0 Å². The summed E-state index contributed by atoms with van der Waals surface area (Å²) in [6.07, 6.45) is 0. The number of thiophene rings is 1. The summed E-state index contributed by atoms with van der Waals surface area (Å²) in [5, 5.41) is 0.287. The first-order valence-electron chi connectivity index (χ1n) is 10.6. The molecule has 2 heterocycles. The van der Waals surface area contributed by atoms with Crippen molar-refractivity contribution < 1.29 is 13.9 Å². The van der Waals surface area contributed by atoms with Crippen LogP contribution >= 0.6 is 11.3 Å². The first-order chi connectivity index (χ1) is 16.3. The van der Waals surface area contributed by atoms with Gasteiger partial charge in [-0.25, -0.2) is 14.0 Å². The van der Waals surface area contributed by atoms with Crippen LogP contribution in [0, 0.1) is 5.82 Å². The van der Waals surface area contributed by atoms with Gasteiger partial charge in [0, 0.05) is 29.2 Å². The summed E-state index contributed by atoms with van der Waals surface area (Å²) in [5.41, 5.74) is 6.24. The number of anilines is 2. The number of fused-ring (bicyclic) bond motifs is 1. The van der Waals surface area contributed by atoms with Gasteiger partial charge in [-0.2, -0.15) is 0 Å². The van der Waals surface area contributed by atoms with Gasteiger partial charge in [0.05, 0.1) is 13.2 Å². The number of carbonyl (C=O) groups excluding carboxylic acids is 1. The van der Waals surface area contributed by atoms with Gasteiger partial charge in [-0.15, -0.1) is 11.3 Å². The predicted octanol–water partition coefficient (Wildman–Crippen LogP) is 3.33. The topological polar surface area (TPSA) is 110 Å². The Hall–Kier alpha value is -3.92. The molecule has 8 nitrogen and oxygen atoms in total. The molecule has 0 unspecified atom stereocenters. The average molecular weight is 483 g/mol. The lowest BCUT2D eigenvalue weighted by Gasteiger charge is -2.22. The molecule has 4 rings (SSSR count). The third kappa shape index (κ3) is 4.32. The number of esters is 1. The summed E-state index contributed by atoms with van der Waals surface area (Å²) >= 11 is 1.13. The number of ether oxygens (including phenoxy) is 1. The molecule has 176 valence electrons. The van der Waals surface area contributed by atoms with Crippen molar-refractivity contribution in [1.29, 1.82) is 0 Å². The van der Waals surface area contributed by atoms with Crippen LogP contribution in [-0.4, -0.2) is 29.2 Å². The number of nitrogens with zero attached hydrogens (tertiary/aromatic N) is 2. The molecule has 0 spiro atoms. The van der Waals surface area contributed by atoms with Crippen LogP contribution in [0.3, 0.4) is 0 Å². The minimum atomic E-state index is -0.674. The molecule has 34 heavy (non-hydrogen) atoms. The molecule has 0 amide bonds. The Morgan fingerprint density at radius 1 is 1.18 bits per heavy atom. The van der Waals surface area contributed by atoms with E-state index in [1.165, 1.54) is 15.5 Å². The number of nitrogens with two attached hydrogens (primary N) is 1. The highest BCUT2D eigenvalue weighted by Gasteiger charge is 2.25. The first-order valence-corrected chi connectivity index (χ1v) is 11.4. The van der Waals surface area contributed by atoms with Crippen LogP contribution in [0.1, 0.15) is 27.7 Å². The van der Waals surface area contributed by atoms with Crippen LogP contribution in [-0.2, 0) is 17.8 Å². The lowest BCUT2D eigenvalue weighted by atomic mass is 10.1. The Bertz CT molecular complexity index is 1480. The molecular weight excluding hydrogens is 459 g/mol. The highest BCUT2D eigenvalue weighted by Crippen LogP contribution is 2.35. The quantitative estimate of drug-likeness (QED) is 0.391. The lowest BCUT2D eigenvalue weighted by Crippen LogP contribution is -2.37. The Kier molecular flexibility index (Phi) is 6.51. The van der Waals surface area contributed by atoms with Gasteiger partial charge in [-0.05, 0) is 24.6 Å². The molecular formula is C24H23FN4O4S. The molecule has 0 saturated carbocycles. The number of H-pyrrole nitrogens is 1. The molecule has 0 aliphatic heterocycles. The Morgan fingerprint density at radius 2 is 1.91 bits per heavy atom. The number of hydrogen-bond donors (Lipinski definition) is 2. The van der Waals surface area contributed by atoms with E-state index in [4.69, 9.17) is 10.5 Å². The van der Waals surface area contributed by atoms with Crippen molar-refractivity contribution >= 4 is 38.9 Å². The minimum Gasteiger partial charge on any atom is -0.462 e. The maximum absolute atomic E-state index is 14.8. The molecule has 2 aromatic carbocycles. The van der Waals surface area contributed by atoms with Gasteiger partial charge in [-0.3, -0.25) is 14.3 Å². The Balaban J connectivity index is 1.79. The normalized spacial score (nSPS) is 11.0. The number of rotatable bonds is 7. The summed E-state index contributed by atoms with van der Waals surface area (Å²) in [6.45, 7) is 2.01. The molecule has 0 atom stereocenters. The minimum absolute atomic E-state index is 0.00803. The molecule has 10 heteroatoms. The lowest BCUT2D eigenvalue weighted by molar-refractivity contribution is 0.0531. The van der Waals surface area contributed by atoms with Crippen LogP contribution in [0.2, 0.25) is 0 Å². The van der Waals surface area contributed by atoms with E-state index in [1.54, 1.807) is 26.1 Å². The van der Waals surface area contributed by atoms with Crippen LogP contribution in [0.25, 0.3) is 10.1 Å². The average Bonchev–Trinajstić information content (AvgIpc) is 3.17. The fourth-order valence-electron chi connectivity index (χ4n) is 3.87. The van der Waals surface area contributed by atoms with Crippen LogP contribution < -0.4 is 21.9 Å².